The number of hydrogen-bond acceptors (Lipinski definition) is 21. The van der Waals surface area contributed by atoms with Gasteiger partial charge < -0.3 is 95.3 Å². The molecule has 2 fully saturated rings. The Morgan fingerprint density at radius 2 is 1.16 bits per heavy atom. The summed E-state index contributed by atoms with van der Waals surface area (Å²) in [6.45, 7) is 3.32. The highest BCUT2D eigenvalue weighted by Crippen LogP contribution is 2.24. The molecule has 2 aliphatic heterocycles. The topological polar surface area (TPSA) is 574 Å². The number of aromatic nitrogens is 2. The van der Waals surface area contributed by atoms with E-state index in [0.717, 1.165) is 9.80 Å². The fourth-order valence-corrected chi connectivity index (χ4v) is 11.5. The van der Waals surface area contributed by atoms with E-state index >= 15 is 4.79 Å². The summed E-state index contributed by atoms with van der Waals surface area (Å²) in [7, 11) is 0. The first-order valence-corrected chi connectivity index (χ1v) is 33.2. The van der Waals surface area contributed by atoms with Crippen molar-refractivity contribution < 1.29 is 93.0 Å². The molecule has 2 aliphatic rings. The summed E-state index contributed by atoms with van der Waals surface area (Å²) in [4.78, 5) is 193. The van der Waals surface area contributed by atoms with Crippen LogP contribution in [0.25, 0.3) is 0 Å². The van der Waals surface area contributed by atoms with Crippen molar-refractivity contribution in [2.45, 2.75) is 166 Å². The maximum Gasteiger partial charge on any atom is 0.415 e. The Morgan fingerprint density at radius 1 is 0.630 bits per heavy atom. The number of urea groups is 1. The van der Waals surface area contributed by atoms with E-state index in [2.05, 4.69) is 46.9 Å². The predicted octanol–water partition coefficient (Wildman–Crippen LogP) is -2.38. The standard InChI is InChI=1S/C63H98N18O19/c1-5-37(4)51(56(93)74-45(59(96)97)31-36(2)3)76-53(90)44(32-38-15-18-40(82)19-16-38)73-55(92)47-14-10-25-79(47)57(94)42(12-8-23-68-60(65)66)72-52(89)41(20-17-39-21-24-69-61(67)70-39)71-54(91)46-13-9-26-80(46)58(95)43(11-6-7-22-64)75-62(98)81(63(99)100)30-29-77(33-48(83)84)27-28-78(34-49(85)86)35-50(87)88/h15-16,18-19,21,24,36-37,41-47,51,82H,5-14,17,20,22-23,25-35,64H2,1-4H3,(H,71,91)(H,72,89)(H,73,92)(H,74,93)(H,75,98)(H,76,90)(H,83,84)(H,85,86)(H,87,88)(H,96,97)(H,99,100)(H4,65,66,68)(H2,67,69,70)/t37-,41-,42-,43+,44-,45-,46-,47-,51-/m0/s1. The first-order chi connectivity index (χ1) is 47.3. The Morgan fingerprint density at radius 3 is 1.69 bits per heavy atom. The van der Waals surface area contributed by atoms with Crippen molar-refractivity contribution in [3.63, 3.8) is 0 Å². The summed E-state index contributed by atoms with van der Waals surface area (Å²) in [5.41, 5.74) is 23.7. The lowest BCUT2D eigenvalue weighted by molar-refractivity contribution is -0.144. The molecule has 554 valence electrons. The number of aliphatic imine (C=N–C) groups is 1. The van der Waals surface area contributed by atoms with Gasteiger partial charge in [-0.25, -0.2) is 29.3 Å². The molecule has 37 nitrogen and oxygen atoms in total. The molecule has 1 aromatic carbocycles. The minimum atomic E-state index is -1.81. The number of aliphatic carboxylic acids is 4. The largest absolute Gasteiger partial charge is 0.508 e. The number of aromatic hydroxyl groups is 1. The number of carbonyl (C=O) groups excluding carboxylic acids is 8. The van der Waals surface area contributed by atoms with Gasteiger partial charge in [0.25, 0.3) is 0 Å². The van der Waals surface area contributed by atoms with Gasteiger partial charge in [-0.2, -0.15) is 0 Å². The first kappa shape index (κ1) is 82.4. The predicted molar refractivity (Wildman–Crippen MR) is 358 cm³/mol. The van der Waals surface area contributed by atoms with Crippen molar-refractivity contribution >= 4 is 89.3 Å². The number of imide groups is 1. The summed E-state index contributed by atoms with van der Waals surface area (Å²) in [6.07, 6.45) is 0.690. The van der Waals surface area contributed by atoms with Crippen LogP contribution in [0.2, 0.25) is 0 Å². The number of phenols is 1. The first-order valence-electron chi connectivity index (χ1n) is 33.2. The van der Waals surface area contributed by atoms with Gasteiger partial charge >= 0.3 is 36.0 Å². The van der Waals surface area contributed by atoms with Crippen LogP contribution in [0.5, 0.6) is 5.75 Å². The average Bonchev–Trinajstić information content (AvgIpc) is 1.60. The molecule has 4 rings (SSSR count). The van der Waals surface area contributed by atoms with Gasteiger partial charge in [-0.05, 0) is 119 Å². The molecular formula is C63H98N18O19. The number of amides is 10. The molecule has 0 unspecified atom stereocenters. The third kappa shape index (κ3) is 27.7. The molecule has 0 aliphatic carbocycles. The maximum atomic E-state index is 15.1. The number of carbonyl (C=O) groups is 13. The van der Waals surface area contributed by atoms with Crippen molar-refractivity contribution in [2.75, 3.05) is 77.7 Å². The molecule has 20 N–H and O–H groups in total. The highest BCUT2D eigenvalue weighted by Gasteiger charge is 2.43. The Labute approximate surface area is 577 Å². The van der Waals surface area contributed by atoms with E-state index in [1.54, 1.807) is 27.7 Å². The van der Waals surface area contributed by atoms with Crippen LogP contribution in [-0.4, -0.2) is 269 Å². The number of nitrogens with one attached hydrogen (secondary N) is 6. The van der Waals surface area contributed by atoms with Crippen LogP contribution in [-0.2, 0) is 65.6 Å². The summed E-state index contributed by atoms with van der Waals surface area (Å²) in [5.74, 6) is -12.2. The number of carboxylic acids is 4. The van der Waals surface area contributed by atoms with Gasteiger partial charge in [-0.3, -0.25) is 62.7 Å². The van der Waals surface area contributed by atoms with Crippen LogP contribution < -0.4 is 54.8 Å². The number of hydrogen-bond donors (Lipinski definition) is 16. The van der Waals surface area contributed by atoms with Crippen molar-refractivity contribution in [3.05, 3.63) is 47.8 Å². The molecule has 9 atom stereocenters. The number of rotatable bonds is 43. The van der Waals surface area contributed by atoms with Gasteiger partial charge in [0.05, 0.1) is 19.6 Å². The molecule has 10 amide bonds. The highest BCUT2D eigenvalue weighted by molar-refractivity contribution is 5.99. The van der Waals surface area contributed by atoms with Crippen LogP contribution in [0.15, 0.2) is 41.5 Å². The zero-order valence-electron chi connectivity index (χ0n) is 56.8. The number of carboxylic acid groups (broad SMARTS) is 5. The van der Waals surface area contributed by atoms with Gasteiger partial charge in [-0.15, -0.1) is 0 Å². The van der Waals surface area contributed by atoms with Gasteiger partial charge in [-0.1, -0.05) is 46.2 Å². The SMILES string of the molecule is CC[C@H](C)[C@H](NC(=O)[C@H](Cc1ccc(O)cc1)NC(=O)[C@@H]1CCCN1C(=O)[C@H](CCCN=C(N)N)NC(=O)[C@H](CCc1ccnc(N)n1)NC(=O)[C@@H]1CCCN1C(=O)[C@@H](CCCCN)NC(=O)N(CCN(CCN(CC(=O)O)CC(=O)O)CC(=O)O)C(=O)O)C(=O)N[C@@H](CC(C)C)C(=O)O. The second kappa shape index (κ2) is 41.4. The summed E-state index contributed by atoms with van der Waals surface area (Å²) < 4.78 is 0. The fraction of sp³-hybridized carbons (Fsp3) is 0.619. The number of nitrogens with two attached hydrogens (primary N) is 4. The fourth-order valence-electron chi connectivity index (χ4n) is 11.5. The molecule has 100 heavy (non-hydrogen) atoms. The lowest BCUT2D eigenvalue weighted by Crippen LogP contribution is -2.60. The molecule has 1 aromatic heterocycles. The highest BCUT2D eigenvalue weighted by atomic mass is 16.4. The van der Waals surface area contributed by atoms with Crippen molar-refractivity contribution in [1.29, 1.82) is 0 Å². The van der Waals surface area contributed by atoms with E-state index < -0.39 is 164 Å². The monoisotopic (exact) mass is 1410 g/mol. The van der Waals surface area contributed by atoms with Crippen molar-refractivity contribution in [1.82, 2.24) is 66.4 Å². The van der Waals surface area contributed by atoms with E-state index in [0.29, 0.717) is 24.1 Å². The quantitative estimate of drug-likeness (QED) is 0.0187. The second-order valence-electron chi connectivity index (χ2n) is 25.1. The normalized spacial score (nSPS) is 16.4. The summed E-state index contributed by atoms with van der Waals surface area (Å²) >= 11 is 0. The van der Waals surface area contributed by atoms with Crippen molar-refractivity contribution in [3.8, 4) is 5.75 Å². The van der Waals surface area contributed by atoms with E-state index in [9.17, 15) is 88.2 Å². The van der Waals surface area contributed by atoms with Gasteiger partial charge in [0.1, 0.15) is 54.1 Å². The molecule has 0 radical (unpaired) electrons. The number of nitrogen functional groups attached to an aromatic ring is 1. The van der Waals surface area contributed by atoms with E-state index in [-0.39, 0.29) is 145 Å². The number of guanidine groups is 1. The average molecular weight is 1410 g/mol. The zero-order chi connectivity index (χ0) is 74.3. The molecule has 37 heteroatoms. The van der Waals surface area contributed by atoms with E-state index in [1.165, 1.54) is 46.3 Å². The van der Waals surface area contributed by atoms with Crippen LogP contribution in [0.1, 0.15) is 116 Å². The van der Waals surface area contributed by atoms with Crippen molar-refractivity contribution in [2.24, 2.45) is 34.0 Å². The molecule has 0 saturated carbocycles. The maximum absolute atomic E-state index is 15.1. The Kier molecular flexibility index (Phi) is 34.1. The van der Waals surface area contributed by atoms with Crippen LogP contribution in [0, 0.1) is 11.8 Å². The number of phenolic OH excluding ortho intramolecular Hbond substituents is 1. The Balaban J connectivity index is 1.64. The lowest BCUT2D eigenvalue weighted by Gasteiger charge is -2.32. The molecule has 2 saturated heterocycles. The zero-order valence-corrected chi connectivity index (χ0v) is 56.8. The van der Waals surface area contributed by atoms with E-state index in [4.69, 9.17) is 22.9 Å². The minimum Gasteiger partial charge on any atom is -0.508 e. The number of unbranched alkanes of at least 4 members (excludes halogenated alkanes) is 1. The smallest absolute Gasteiger partial charge is 0.415 e. The molecule has 3 heterocycles. The lowest BCUT2D eigenvalue weighted by atomic mass is 9.96. The van der Waals surface area contributed by atoms with Gasteiger partial charge in [0.2, 0.25) is 47.3 Å². The number of benzene rings is 1. The number of nitrogens with zero attached hydrogens (tertiary/aromatic N) is 8. The number of anilines is 1. The molecule has 2 aromatic rings. The van der Waals surface area contributed by atoms with E-state index in [1.807, 2.05) is 0 Å². The molecular weight excluding hydrogens is 1310 g/mol. The summed E-state index contributed by atoms with van der Waals surface area (Å²) in [5, 5.41) is 74.4. The van der Waals surface area contributed by atoms with Gasteiger partial charge in [0, 0.05) is 64.1 Å². The number of aryl methyl sites for hydroxylation is 1. The molecule has 0 bridgehead atoms. The Hall–Kier alpha value is -10.0. The molecule has 0 spiro atoms. The Bertz CT molecular complexity index is 3160. The minimum absolute atomic E-state index is 0.00817. The third-order valence-corrected chi connectivity index (χ3v) is 16.9. The second-order valence-corrected chi connectivity index (χ2v) is 25.1. The number of likely N-dealkylation sites (tertiary alicyclic amines) is 2. The summed E-state index contributed by atoms with van der Waals surface area (Å²) in [6, 6.07) is -4.92. The van der Waals surface area contributed by atoms with Crippen LogP contribution in [0.4, 0.5) is 15.5 Å². The van der Waals surface area contributed by atoms with Gasteiger partial charge in [0.15, 0.2) is 5.96 Å². The van der Waals surface area contributed by atoms with Crippen LogP contribution >= 0.6 is 0 Å². The third-order valence-electron chi connectivity index (χ3n) is 16.9. The van der Waals surface area contributed by atoms with Crippen LogP contribution in [0.3, 0.4) is 0 Å².